The lowest BCUT2D eigenvalue weighted by molar-refractivity contribution is -0.113. The van der Waals surface area contributed by atoms with Gasteiger partial charge in [0, 0.05) is 0 Å². The molecule has 2 nitrogen and oxygen atoms in total. The summed E-state index contributed by atoms with van der Waals surface area (Å²) in [5.74, 6) is 0.702. The number of carbonyl (C=O) groups is 1. The third kappa shape index (κ3) is 5.60. The molecule has 0 heterocycles. The Labute approximate surface area is 128 Å². The van der Waals surface area contributed by atoms with Gasteiger partial charge in [-0.05, 0) is 36.3 Å². The van der Waals surface area contributed by atoms with Crippen molar-refractivity contribution in [2.75, 3.05) is 16.8 Å². The van der Waals surface area contributed by atoms with Gasteiger partial charge in [0.1, 0.15) is 5.82 Å². The average Bonchev–Trinajstić information content (AvgIpc) is 2.50. The van der Waals surface area contributed by atoms with Crippen molar-refractivity contribution in [1.29, 1.82) is 0 Å². The summed E-state index contributed by atoms with van der Waals surface area (Å²) in [6, 6.07) is 16.5. The number of anilines is 1. The number of nitrogens with one attached hydrogen (secondary N) is 1. The van der Waals surface area contributed by atoms with Gasteiger partial charge in [0.05, 0.1) is 11.4 Å². The molecule has 0 saturated carbocycles. The Hall–Kier alpha value is -1.81. The summed E-state index contributed by atoms with van der Waals surface area (Å²) in [6.07, 6.45) is 2.05. The van der Waals surface area contributed by atoms with E-state index in [-0.39, 0.29) is 11.6 Å². The first kappa shape index (κ1) is 15.6. The minimum absolute atomic E-state index is 0.162. The van der Waals surface area contributed by atoms with Gasteiger partial charge in [0.15, 0.2) is 0 Å². The van der Waals surface area contributed by atoms with E-state index in [1.54, 1.807) is 30.0 Å². The molecule has 0 fully saturated rings. The van der Waals surface area contributed by atoms with E-state index in [4.69, 9.17) is 0 Å². The molecule has 0 bridgehead atoms. The van der Waals surface area contributed by atoms with Crippen molar-refractivity contribution in [2.45, 2.75) is 12.8 Å². The van der Waals surface area contributed by atoms with Crippen LogP contribution in [0, 0.1) is 5.82 Å². The van der Waals surface area contributed by atoms with Crippen LogP contribution in [0.25, 0.3) is 0 Å². The van der Waals surface area contributed by atoms with Crippen LogP contribution >= 0.6 is 11.8 Å². The zero-order chi connectivity index (χ0) is 14.9. The Morgan fingerprint density at radius 3 is 2.52 bits per heavy atom. The monoisotopic (exact) mass is 303 g/mol. The topological polar surface area (TPSA) is 29.1 Å². The third-order valence-corrected chi connectivity index (χ3v) is 4.02. The quantitative estimate of drug-likeness (QED) is 0.779. The molecular formula is C17H18FNOS. The molecule has 4 heteroatoms. The van der Waals surface area contributed by atoms with Crippen LogP contribution in [-0.4, -0.2) is 17.4 Å². The summed E-state index contributed by atoms with van der Waals surface area (Å²) in [7, 11) is 0. The highest BCUT2D eigenvalue weighted by Crippen LogP contribution is 2.13. The normalized spacial score (nSPS) is 10.3. The Balaban J connectivity index is 1.63. The van der Waals surface area contributed by atoms with Crippen LogP contribution in [0.2, 0.25) is 0 Å². The Morgan fingerprint density at radius 2 is 1.76 bits per heavy atom. The zero-order valence-electron chi connectivity index (χ0n) is 11.7. The number of hydrogen-bond donors (Lipinski definition) is 1. The smallest absolute Gasteiger partial charge is 0.234 e. The molecule has 0 aromatic heterocycles. The standard InChI is InChI=1S/C17H18FNOS/c18-15-10-4-5-11-16(15)19-17(20)13-21-12-6-9-14-7-2-1-3-8-14/h1-5,7-8,10-11H,6,9,12-13H2,(H,19,20). The van der Waals surface area contributed by atoms with Gasteiger partial charge in [-0.15, -0.1) is 0 Å². The first-order valence-electron chi connectivity index (χ1n) is 6.92. The first-order valence-corrected chi connectivity index (χ1v) is 8.07. The van der Waals surface area contributed by atoms with Crippen LogP contribution in [0.3, 0.4) is 0 Å². The van der Waals surface area contributed by atoms with Crippen molar-refractivity contribution in [3.63, 3.8) is 0 Å². The van der Waals surface area contributed by atoms with Crippen LogP contribution in [-0.2, 0) is 11.2 Å². The van der Waals surface area contributed by atoms with Crippen molar-refractivity contribution in [1.82, 2.24) is 0 Å². The lowest BCUT2D eigenvalue weighted by atomic mass is 10.1. The second kappa shape index (κ2) is 8.47. The van der Waals surface area contributed by atoms with Crippen LogP contribution in [0.5, 0.6) is 0 Å². The molecule has 0 atom stereocenters. The van der Waals surface area contributed by atoms with E-state index in [2.05, 4.69) is 17.4 Å². The predicted octanol–water partition coefficient (Wildman–Crippen LogP) is 4.13. The highest BCUT2D eigenvalue weighted by Gasteiger charge is 2.05. The average molecular weight is 303 g/mol. The summed E-state index contributed by atoms with van der Waals surface area (Å²) in [5.41, 5.74) is 1.56. The van der Waals surface area contributed by atoms with Crippen molar-refractivity contribution in [2.24, 2.45) is 0 Å². The van der Waals surface area contributed by atoms with Gasteiger partial charge in [-0.2, -0.15) is 11.8 Å². The molecule has 0 aliphatic rings. The summed E-state index contributed by atoms with van der Waals surface area (Å²) >= 11 is 1.57. The summed E-state index contributed by atoms with van der Waals surface area (Å²) in [4.78, 5) is 11.7. The van der Waals surface area contributed by atoms with E-state index in [1.807, 2.05) is 18.2 Å². The fourth-order valence-electron chi connectivity index (χ4n) is 1.94. The molecule has 0 aliphatic carbocycles. The third-order valence-electron chi connectivity index (χ3n) is 2.98. The number of thioether (sulfide) groups is 1. The Kier molecular flexibility index (Phi) is 6.28. The Bertz CT molecular complexity index is 574. The van der Waals surface area contributed by atoms with Crippen molar-refractivity contribution in [3.05, 3.63) is 66.0 Å². The Morgan fingerprint density at radius 1 is 1.05 bits per heavy atom. The highest BCUT2D eigenvalue weighted by molar-refractivity contribution is 7.99. The van der Waals surface area contributed by atoms with E-state index in [0.29, 0.717) is 5.75 Å². The first-order chi connectivity index (χ1) is 10.3. The molecule has 0 aliphatic heterocycles. The van der Waals surface area contributed by atoms with Gasteiger partial charge < -0.3 is 5.32 Å². The molecular weight excluding hydrogens is 285 g/mol. The lowest BCUT2D eigenvalue weighted by Crippen LogP contribution is -2.15. The minimum atomic E-state index is -0.403. The number of aryl methyl sites for hydroxylation is 1. The number of amides is 1. The fraction of sp³-hybridized carbons (Fsp3) is 0.235. The minimum Gasteiger partial charge on any atom is -0.323 e. The number of hydrogen-bond acceptors (Lipinski definition) is 2. The van der Waals surface area contributed by atoms with Crippen LogP contribution in [0.4, 0.5) is 10.1 Å². The molecule has 110 valence electrons. The largest absolute Gasteiger partial charge is 0.323 e. The van der Waals surface area contributed by atoms with Crippen LogP contribution in [0.15, 0.2) is 54.6 Å². The van der Waals surface area contributed by atoms with E-state index >= 15 is 0 Å². The van der Waals surface area contributed by atoms with E-state index in [0.717, 1.165) is 18.6 Å². The summed E-state index contributed by atoms with van der Waals surface area (Å²) in [5, 5.41) is 2.58. The van der Waals surface area contributed by atoms with Gasteiger partial charge in [-0.1, -0.05) is 42.5 Å². The lowest BCUT2D eigenvalue weighted by Gasteiger charge is -2.06. The highest BCUT2D eigenvalue weighted by atomic mass is 32.2. The molecule has 2 aromatic rings. The molecule has 2 aromatic carbocycles. The van der Waals surface area contributed by atoms with Gasteiger partial charge >= 0.3 is 0 Å². The zero-order valence-corrected chi connectivity index (χ0v) is 12.5. The van der Waals surface area contributed by atoms with Crippen LogP contribution in [0.1, 0.15) is 12.0 Å². The molecule has 0 unspecified atom stereocenters. The molecule has 0 saturated heterocycles. The summed E-state index contributed by atoms with van der Waals surface area (Å²) < 4.78 is 13.4. The molecule has 0 spiro atoms. The number of halogens is 1. The number of para-hydroxylation sites is 1. The maximum atomic E-state index is 13.4. The number of benzene rings is 2. The molecule has 2 rings (SSSR count). The second-order valence-corrected chi connectivity index (χ2v) is 5.77. The SMILES string of the molecule is O=C(CSCCCc1ccccc1)Nc1ccccc1F. The van der Waals surface area contributed by atoms with Crippen molar-refractivity contribution < 1.29 is 9.18 Å². The molecule has 1 amide bonds. The number of rotatable bonds is 7. The van der Waals surface area contributed by atoms with Gasteiger partial charge in [0.2, 0.25) is 5.91 Å². The van der Waals surface area contributed by atoms with Crippen LogP contribution < -0.4 is 5.32 Å². The van der Waals surface area contributed by atoms with E-state index in [9.17, 15) is 9.18 Å². The maximum Gasteiger partial charge on any atom is 0.234 e. The molecule has 1 N–H and O–H groups in total. The van der Waals surface area contributed by atoms with Gasteiger partial charge in [0.25, 0.3) is 0 Å². The maximum absolute atomic E-state index is 13.4. The van der Waals surface area contributed by atoms with Gasteiger partial charge in [-0.25, -0.2) is 4.39 Å². The van der Waals surface area contributed by atoms with Crippen molar-refractivity contribution >= 4 is 23.4 Å². The molecule has 0 radical (unpaired) electrons. The van der Waals surface area contributed by atoms with E-state index in [1.165, 1.54) is 11.6 Å². The second-order valence-electron chi connectivity index (χ2n) is 4.67. The van der Waals surface area contributed by atoms with Gasteiger partial charge in [-0.3, -0.25) is 4.79 Å². The van der Waals surface area contributed by atoms with E-state index < -0.39 is 5.82 Å². The predicted molar refractivity (Wildman–Crippen MR) is 87.1 cm³/mol. The summed E-state index contributed by atoms with van der Waals surface area (Å²) in [6.45, 7) is 0. The fourth-order valence-corrected chi connectivity index (χ4v) is 2.69. The number of carbonyl (C=O) groups excluding carboxylic acids is 1. The van der Waals surface area contributed by atoms with Crippen molar-refractivity contribution in [3.8, 4) is 0 Å². The molecule has 21 heavy (non-hydrogen) atoms.